The molecule has 1 amide bonds. The van der Waals surface area contributed by atoms with Crippen LogP contribution in [-0.4, -0.2) is 25.0 Å². The number of nitrogens with one attached hydrogen (secondary N) is 1. The van der Waals surface area contributed by atoms with E-state index in [1.165, 1.54) is 5.56 Å². The van der Waals surface area contributed by atoms with E-state index >= 15 is 0 Å². The van der Waals surface area contributed by atoms with Gasteiger partial charge in [0.2, 0.25) is 5.91 Å². The summed E-state index contributed by atoms with van der Waals surface area (Å²) in [5.74, 6) is 0.218. The van der Waals surface area contributed by atoms with Crippen molar-refractivity contribution in [2.24, 2.45) is 10.7 Å². The number of amides is 1. The van der Waals surface area contributed by atoms with Crippen LogP contribution in [0.3, 0.4) is 0 Å². The lowest BCUT2D eigenvalue weighted by atomic mass is 10.0. The topological polar surface area (TPSA) is 70.7 Å². The summed E-state index contributed by atoms with van der Waals surface area (Å²) in [6.45, 7) is 2.78. The number of anilines is 2. The van der Waals surface area contributed by atoms with E-state index in [1.807, 2.05) is 54.3 Å². The van der Waals surface area contributed by atoms with E-state index in [-0.39, 0.29) is 18.4 Å². The molecule has 5 nitrogen and oxygen atoms in total. The van der Waals surface area contributed by atoms with Crippen molar-refractivity contribution >= 4 is 23.2 Å². The minimum absolute atomic E-state index is 0.0313. The van der Waals surface area contributed by atoms with Crippen LogP contribution in [0.25, 0.3) is 0 Å². The number of fused-ring (bicyclic) bond motifs is 1. The van der Waals surface area contributed by atoms with Crippen LogP contribution in [0.1, 0.15) is 17.5 Å². The second kappa shape index (κ2) is 7.17. The summed E-state index contributed by atoms with van der Waals surface area (Å²) < 4.78 is 0. The van der Waals surface area contributed by atoms with E-state index in [0.29, 0.717) is 0 Å². The maximum Gasteiger partial charge on any atom is 0.248 e. The van der Waals surface area contributed by atoms with Gasteiger partial charge >= 0.3 is 0 Å². The summed E-state index contributed by atoms with van der Waals surface area (Å²) in [5.41, 5.74) is 10.1. The first-order valence-corrected chi connectivity index (χ1v) is 8.15. The van der Waals surface area contributed by atoms with E-state index < -0.39 is 0 Å². The quantitative estimate of drug-likeness (QED) is 0.674. The summed E-state index contributed by atoms with van der Waals surface area (Å²) in [5, 5.41) is 3.02. The number of rotatable bonds is 3. The average Bonchev–Trinajstić information content (AvgIpc) is 2.59. The molecule has 0 radical (unpaired) electrons. The molecule has 24 heavy (non-hydrogen) atoms. The van der Waals surface area contributed by atoms with Crippen molar-refractivity contribution in [2.45, 2.75) is 19.8 Å². The number of carbonyl (C=O) groups is 1. The van der Waals surface area contributed by atoms with Crippen molar-refractivity contribution in [1.82, 2.24) is 0 Å². The Bertz CT molecular complexity index is 769. The predicted octanol–water partition coefficient (Wildman–Crippen LogP) is 2.70. The fourth-order valence-corrected chi connectivity index (χ4v) is 2.94. The van der Waals surface area contributed by atoms with Crippen molar-refractivity contribution in [3.63, 3.8) is 0 Å². The molecular formula is C19H22N4O. The molecule has 0 aliphatic carbocycles. The lowest BCUT2D eigenvalue weighted by molar-refractivity contribution is -0.117. The first-order chi connectivity index (χ1) is 11.6. The van der Waals surface area contributed by atoms with Crippen molar-refractivity contribution < 1.29 is 4.79 Å². The number of hydrogen-bond acceptors (Lipinski definition) is 2. The van der Waals surface area contributed by atoms with E-state index in [4.69, 9.17) is 5.73 Å². The van der Waals surface area contributed by atoms with Gasteiger partial charge in [0.1, 0.15) is 6.54 Å². The number of carbonyl (C=O) groups excluding carboxylic acids is 1. The molecule has 0 atom stereocenters. The maximum atomic E-state index is 12.5. The number of guanidine groups is 1. The number of nitrogens with zero attached hydrogens (tertiary/aromatic N) is 2. The Labute approximate surface area is 142 Å². The third-order valence-electron chi connectivity index (χ3n) is 4.09. The molecule has 2 aromatic carbocycles. The second-order valence-corrected chi connectivity index (χ2v) is 5.97. The predicted molar refractivity (Wildman–Crippen MR) is 98.4 cm³/mol. The number of aryl methyl sites for hydroxylation is 2. The number of nitrogens with two attached hydrogens (primary N) is 1. The molecule has 124 valence electrons. The highest BCUT2D eigenvalue weighted by atomic mass is 16.2. The molecule has 2 aromatic rings. The molecule has 0 fully saturated rings. The molecule has 0 saturated heterocycles. The molecule has 1 aliphatic rings. The van der Waals surface area contributed by atoms with Crippen LogP contribution in [0, 0.1) is 6.92 Å². The van der Waals surface area contributed by atoms with Crippen molar-refractivity contribution in [1.29, 1.82) is 0 Å². The van der Waals surface area contributed by atoms with Crippen LogP contribution in [0.2, 0.25) is 0 Å². The Morgan fingerprint density at radius 1 is 1.25 bits per heavy atom. The van der Waals surface area contributed by atoms with Gasteiger partial charge in [-0.2, -0.15) is 0 Å². The van der Waals surface area contributed by atoms with Crippen LogP contribution >= 0.6 is 0 Å². The maximum absolute atomic E-state index is 12.5. The Hall–Kier alpha value is -2.82. The zero-order valence-electron chi connectivity index (χ0n) is 13.8. The fourth-order valence-electron chi connectivity index (χ4n) is 2.94. The summed E-state index contributed by atoms with van der Waals surface area (Å²) in [7, 11) is 0. The summed E-state index contributed by atoms with van der Waals surface area (Å²) in [6.07, 6.45) is 1.99. The standard InChI is InChI=1S/C19H22N4O/c1-14-6-4-9-16(12-14)22-19(20)21-13-18(24)23-11-5-8-15-7-2-3-10-17(15)23/h2-4,6-7,9-10,12H,5,8,11,13H2,1H3,(H3,20,21,22). The van der Waals surface area contributed by atoms with Gasteiger partial charge in [0.05, 0.1) is 0 Å². The zero-order chi connectivity index (χ0) is 16.9. The molecule has 5 heteroatoms. The van der Waals surface area contributed by atoms with E-state index in [0.717, 1.165) is 36.3 Å². The molecule has 3 rings (SSSR count). The third kappa shape index (κ3) is 3.74. The van der Waals surface area contributed by atoms with Crippen molar-refractivity contribution in [2.75, 3.05) is 23.3 Å². The minimum atomic E-state index is -0.0313. The van der Waals surface area contributed by atoms with Gasteiger partial charge in [-0.1, -0.05) is 30.3 Å². The van der Waals surface area contributed by atoms with Crippen molar-refractivity contribution in [3.05, 3.63) is 59.7 Å². The molecule has 1 heterocycles. The first kappa shape index (κ1) is 16.1. The molecule has 0 spiro atoms. The Morgan fingerprint density at radius 2 is 2.08 bits per heavy atom. The molecule has 0 saturated carbocycles. The van der Waals surface area contributed by atoms with Gasteiger partial charge in [0, 0.05) is 17.9 Å². The Balaban J connectivity index is 1.65. The Kier molecular flexibility index (Phi) is 4.79. The Morgan fingerprint density at radius 3 is 2.92 bits per heavy atom. The SMILES string of the molecule is Cc1cccc(NC(N)=NCC(=O)N2CCCc3ccccc32)c1. The molecular weight excluding hydrogens is 300 g/mol. The summed E-state index contributed by atoms with van der Waals surface area (Å²) in [6, 6.07) is 15.9. The first-order valence-electron chi connectivity index (χ1n) is 8.15. The van der Waals surface area contributed by atoms with Gasteiger partial charge < -0.3 is 16.0 Å². The fraction of sp³-hybridized carbons (Fsp3) is 0.263. The van der Waals surface area contributed by atoms with E-state index in [1.54, 1.807) is 0 Å². The minimum Gasteiger partial charge on any atom is -0.370 e. The number of para-hydroxylation sites is 1. The van der Waals surface area contributed by atoms with Crippen LogP contribution in [-0.2, 0) is 11.2 Å². The molecule has 0 aromatic heterocycles. The average molecular weight is 322 g/mol. The van der Waals surface area contributed by atoms with Gasteiger partial charge in [-0.05, 0) is 49.1 Å². The van der Waals surface area contributed by atoms with Gasteiger partial charge in [-0.15, -0.1) is 0 Å². The molecule has 0 unspecified atom stereocenters. The third-order valence-corrected chi connectivity index (χ3v) is 4.09. The van der Waals surface area contributed by atoms with Gasteiger partial charge in [-0.3, -0.25) is 4.79 Å². The van der Waals surface area contributed by atoms with Gasteiger partial charge in [-0.25, -0.2) is 4.99 Å². The number of aliphatic imine (C=N–C) groups is 1. The monoisotopic (exact) mass is 322 g/mol. The van der Waals surface area contributed by atoms with E-state index in [2.05, 4.69) is 16.4 Å². The number of hydrogen-bond donors (Lipinski definition) is 2. The van der Waals surface area contributed by atoms with Gasteiger partial charge in [0.25, 0.3) is 0 Å². The molecule has 0 bridgehead atoms. The lowest BCUT2D eigenvalue weighted by Gasteiger charge is -2.29. The van der Waals surface area contributed by atoms with Crippen molar-refractivity contribution in [3.8, 4) is 0 Å². The molecule has 3 N–H and O–H groups in total. The normalized spacial score (nSPS) is 14.2. The highest BCUT2D eigenvalue weighted by Gasteiger charge is 2.21. The smallest absolute Gasteiger partial charge is 0.248 e. The van der Waals surface area contributed by atoms with Crippen LogP contribution < -0.4 is 16.0 Å². The molecule has 1 aliphatic heterocycles. The van der Waals surface area contributed by atoms with E-state index in [9.17, 15) is 4.79 Å². The van der Waals surface area contributed by atoms with Crippen LogP contribution in [0.4, 0.5) is 11.4 Å². The summed E-state index contributed by atoms with van der Waals surface area (Å²) >= 11 is 0. The largest absolute Gasteiger partial charge is 0.370 e. The lowest BCUT2D eigenvalue weighted by Crippen LogP contribution is -2.37. The highest BCUT2D eigenvalue weighted by Crippen LogP contribution is 2.26. The van der Waals surface area contributed by atoms with Crippen LogP contribution in [0.15, 0.2) is 53.5 Å². The second-order valence-electron chi connectivity index (χ2n) is 5.97. The van der Waals surface area contributed by atoms with Crippen LogP contribution in [0.5, 0.6) is 0 Å². The number of benzene rings is 2. The highest BCUT2D eigenvalue weighted by molar-refractivity contribution is 5.99. The summed E-state index contributed by atoms with van der Waals surface area (Å²) in [4.78, 5) is 18.5. The van der Waals surface area contributed by atoms with Gasteiger partial charge in [0.15, 0.2) is 5.96 Å². The zero-order valence-corrected chi connectivity index (χ0v) is 13.8.